The maximum absolute atomic E-state index is 12.5. The molecule has 0 N–H and O–H groups in total. The molecule has 0 aliphatic heterocycles. The van der Waals surface area contributed by atoms with E-state index in [1.165, 1.54) is 5.56 Å². The quantitative estimate of drug-likeness (QED) is 0.549. The zero-order valence-electron chi connectivity index (χ0n) is 14.2. The minimum atomic E-state index is -0.0247. The number of carbonyl (C=O) groups excluding carboxylic acids is 1. The van der Waals surface area contributed by atoms with Crippen LogP contribution in [-0.2, 0) is 4.79 Å². The number of rotatable bonds is 5. The van der Waals surface area contributed by atoms with E-state index < -0.39 is 0 Å². The van der Waals surface area contributed by atoms with Crippen LogP contribution in [0.3, 0.4) is 0 Å². The highest BCUT2D eigenvalue weighted by Gasteiger charge is 2.06. The van der Waals surface area contributed by atoms with Gasteiger partial charge in [-0.25, -0.2) is 0 Å². The predicted octanol–water partition coefficient (Wildman–Crippen LogP) is 5.71. The van der Waals surface area contributed by atoms with Crippen molar-refractivity contribution in [2.24, 2.45) is 0 Å². The molecule has 0 unspecified atom stereocenters. The average molecular weight is 324 g/mol. The minimum Gasteiger partial charge on any atom is -0.290 e. The molecule has 1 nitrogen and oxygen atoms in total. The van der Waals surface area contributed by atoms with E-state index in [4.69, 9.17) is 0 Å². The third kappa shape index (κ3) is 4.65. The van der Waals surface area contributed by atoms with Gasteiger partial charge in [0.15, 0.2) is 5.78 Å². The van der Waals surface area contributed by atoms with Crippen molar-refractivity contribution in [2.45, 2.75) is 6.92 Å². The Morgan fingerprint density at radius 2 is 1.28 bits per heavy atom. The lowest BCUT2D eigenvalue weighted by molar-refractivity contribution is -0.110. The number of allylic oxidation sites excluding steroid dienone is 2. The molecule has 0 aliphatic rings. The number of carbonyl (C=O) groups is 1. The number of hydrogen-bond acceptors (Lipinski definition) is 1. The van der Waals surface area contributed by atoms with Gasteiger partial charge in [-0.2, -0.15) is 0 Å². The number of aryl methyl sites for hydroxylation is 1. The molecule has 0 spiro atoms. The standard InChI is InChI=1S/C24H20O/c1-19-12-15-22(16-13-19)24(21-10-6-3-7-11-21)18-23(25)17-14-20-8-4-2-5-9-20/h2-18H,1H3/b17-14+,24-18+. The lowest BCUT2D eigenvalue weighted by Crippen LogP contribution is -1.94. The molecule has 0 saturated heterocycles. The normalized spacial score (nSPS) is 11.6. The Balaban J connectivity index is 1.93. The molecule has 0 amide bonds. The summed E-state index contributed by atoms with van der Waals surface area (Å²) in [6.45, 7) is 2.06. The Labute approximate surface area is 149 Å². The van der Waals surface area contributed by atoms with E-state index in [0.29, 0.717) is 0 Å². The molecule has 0 radical (unpaired) electrons. The smallest absolute Gasteiger partial charge is 0.179 e. The molecule has 3 aromatic carbocycles. The summed E-state index contributed by atoms with van der Waals surface area (Å²) in [5, 5.41) is 0. The summed E-state index contributed by atoms with van der Waals surface area (Å²) in [6, 6.07) is 28.1. The van der Waals surface area contributed by atoms with Crippen LogP contribution in [0.25, 0.3) is 11.6 Å². The number of ketones is 1. The van der Waals surface area contributed by atoms with Crippen molar-refractivity contribution in [3.05, 3.63) is 119 Å². The molecule has 25 heavy (non-hydrogen) atoms. The van der Waals surface area contributed by atoms with Crippen molar-refractivity contribution in [1.29, 1.82) is 0 Å². The maximum Gasteiger partial charge on any atom is 0.179 e. The van der Waals surface area contributed by atoms with Crippen LogP contribution in [0.4, 0.5) is 0 Å². The van der Waals surface area contributed by atoms with Gasteiger partial charge in [0.25, 0.3) is 0 Å². The second-order valence-corrected chi connectivity index (χ2v) is 5.94. The first-order valence-corrected chi connectivity index (χ1v) is 8.33. The van der Waals surface area contributed by atoms with Crippen LogP contribution in [0, 0.1) is 6.92 Å². The molecule has 3 aromatic rings. The largest absolute Gasteiger partial charge is 0.290 e. The van der Waals surface area contributed by atoms with Crippen molar-refractivity contribution in [3.8, 4) is 0 Å². The van der Waals surface area contributed by atoms with Crippen LogP contribution in [0.15, 0.2) is 97.1 Å². The van der Waals surface area contributed by atoms with Gasteiger partial charge in [0.1, 0.15) is 0 Å². The molecule has 0 atom stereocenters. The molecule has 0 bridgehead atoms. The van der Waals surface area contributed by atoms with Crippen molar-refractivity contribution < 1.29 is 4.79 Å². The van der Waals surface area contributed by atoms with Gasteiger partial charge in [-0.15, -0.1) is 0 Å². The first kappa shape index (κ1) is 16.7. The summed E-state index contributed by atoms with van der Waals surface area (Å²) in [4.78, 5) is 12.5. The zero-order chi connectivity index (χ0) is 17.5. The molecule has 122 valence electrons. The molecule has 0 fully saturated rings. The monoisotopic (exact) mass is 324 g/mol. The van der Waals surface area contributed by atoms with Crippen LogP contribution >= 0.6 is 0 Å². The van der Waals surface area contributed by atoms with E-state index >= 15 is 0 Å². The van der Waals surface area contributed by atoms with Crippen molar-refractivity contribution in [2.75, 3.05) is 0 Å². The topological polar surface area (TPSA) is 17.1 Å². The summed E-state index contributed by atoms with van der Waals surface area (Å²) >= 11 is 0. The van der Waals surface area contributed by atoms with Crippen molar-refractivity contribution in [3.63, 3.8) is 0 Å². The van der Waals surface area contributed by atoms with Gasteiger partial charge in [-0.05, 0) is 41.3 Å². The Morgan fingerprint density at radius 3 is 1.92 bits per heavy atom. The van der Waals surface area contributed by atoms with Gasteiger partial charge in [0, 0.05) is 0 Å². The van der Waals surface area contributed by atoms with Crippen LogP contribution in [0.5, 0.6) is 0 Å². The lowest BCUT2D eigenvalue weighted by Gasteiger charge is -2.08. The first-order chi connectivity index (χ1) is 12.2. The summed E-state index contributed by atoms with van der Waals surface area (Å²) in [5.74, 6) is -0.0247. The molecule has 1 heteroatoms. The van der Waals surface area contributed by atoms with E-state index in [9.17, 15) is 4.79 Å². The van der Waals surface area contributed by atoms with E-state index in [1.54, 1.807) is 12.2 Å². The van der Waals surface area contributed by atoms with Gasteiger partial charge in [-0.3, -0.25) is 4.79 Å². The first-order valence-electron chi connectivity index (χ1n) is 8.33. The highest BCUT2D eigenvalue weighted by atomic mass is 16.1. The van der Waals surface area contributed by atoms with E-state index in [1.807, 2.05) is 66.7 Å². The summed E-state index contributed by atoms with van der Waals surface area (Å²) < 4.78 is 0. The van der Waals surface area contributed by atoms with Crippen LogP contribution in [-0.4, -0.2) is 5.78 Å². The van der Waals surface area contributed by atoms with Crippen molar-refractivity contribution >= 4 is 17.4 Å². The fourth-order valence-corrected chi connectivity index (χ4v) is 2.62. The van der Waals surface area contributed by atoms with Crippen LogP contribution in [0.1, 0.15) is 22.3 Å². The maximum atomic E-state index is 12.5. The fourth-order valence-electron chi connectivity index (χ4n) is 2.62. The fraction of sp³-hybridized carbons (Fsp3) is 0.0417. The van der Waals surface area contributed by atoms with Gasteiger partial charge in [0.2, 0.25) is 0 Å². The van der Waals surface area contributed by atoms with Gasteiger partial charge >= 0.3 is 0 Å². The predicted molar refractivity (Wildman–Crippen MR) is 105 cm³/mol. The summed E-state index contributed by atoms with van der Waals surface area (Å²) in [7, 11) is 0. The Morgan fingerprint density at radius 1 is 0.720 bits per heavy atom. The molecule has 0 aliphatic carbocycles. The lowest BCUT2D eigenvalue weighted by atomic mass is 9.96. The van der Waals surface area contributed by atoms with E-state index in [0.717, 1.165) is 22.3 Å². The van der Waals surface area contributed by atoms with Crippen LogP contribution < -0.4 is 0 Å². The Bertz CT molecular complexity index is 886. The van der Waals surface area contributed by atoms with E-state index in [2.05, 4.69) is 31.2 Å². The summed E-state index contributed by atoms with van der Waals surface area (Å²) in [6.07, 6.45) is 5.17. The van der Waals surface area contributed by atoms with Crippen molar-refractivity contribution in [1.82, 2.24) is 0 Å². The molecule has 3 rings (SSSR count). The van der Waals surface area contributed by atoms with Gasteiger partial charge in [-0.1, -0.05) is 96.6 Å². The average Bonchev–Trinajstić information content (AvgIpc) is 2.67. The van der Waals surface area contributed by atoms with Gasteiger partial charge < -0.3 is 0 Å². The molecular weight excluding hydrogens is 304 g/mol. The minimum absolute atomic E-state index is 0.0247. The molecule has 0 heterocycles. The third-order valence-electron chi connectivity index (χ3n) is 3.97. The highest BCUT2D eigenvalue weighted by molar-refractivity contribution is 6.08. The summed E-state index contributed by atoms with van der Waals surface area (Å²) in [5.41, 5.74) is 5.22. The Kier molecular flexibility index (Phi) is 5.38. The zero-order valence-corrected chi connectivity index (χ0v) is 14.2. The molecule has 0 saturated carbocycles. The second kappa shape index (κ2) is 8.07. The third-order valence-corrected chi connectivity index (χ3v) is 3.97. The highest BCUT2D eigenvalue weighted by Crippen LogP contribution is 2.24. The number of benzene rings is 3. The van der Waals surface area contributed by atoms with Crippen LogP contribution in [0.2, 0.25) is 0 Å². The Hall–Kier alpha value is -3.19. The second-order valence-electron chi connectivity index (χ2n) is 5.94. The van der Waals surface area contributed by atoms with Gasteiger partial charge in [0.05, 0.1) is 0 Å². The molecule has 0 aromatic heterocycles. The SMILES string of the molecule is Cc1ccc(/C(=C/C(=O)/C=C/c2ccccc2)c2ccccc2)cc1. The van der Waals surface area contributed by atoms with E-state index in [-0.39, 0.29) is 5.78 Å². The molecular formula is C24H20O. The number of hydrogen-bond donors (Lipinski definition) is 0.